The number of aryl methyl sites for hydroxylation is 1. The van der Waals surface area contributed by atoms with E-state index in [4.69, 9.17) is 0 Å². The summed E-state index contributed by atoms with van der Waals surface area (Å²) in [5.74, 6) is -0.333. The van der Waals surface area contributed by atoms with Crippen molar-refractivity contribution in [1.29, 1.82) is 0 Å². The first-order valence-electron chi connectivity index (χ1n) is 6.19. The molecule has 2 aromatic carbocycles. The third-order valence-corrected chi connectivity index (χ3v) is 3.32. The Bertz CT molecular complexity index is 634. The summed E-state index contributed by atoms with van der Waals surface area (Å²) in [6.45, 7) is -0.891. The van der Waals surface area contributed by atoms with Crippen LogP contribution in [0.2, 0.25) is 0 Å². The molecule has 0 aromatic heterocycles. The van der Waals surface area contributed by atoms with Crippen LogP contribution >= 0.6 is 15.9 Å². The fraction of sp³-hybridized carbons (Fsp3) is 0.200. The third-order valence-electron chi connectivity index (χ3n) is 2.83. The number of anilines is 1. The highest BCUT2D eigenvalue weighted by Gasteiger charge is 2.11. The van der Waals surface area contributed by atoms with Gasteiger partial charge in [0.1, 0.15) is 11.6 Å². The van der Waals surface area contributed by atoms with Crippen LogP contribution in [0.1, 0.15) is 11.1 Å². The number of hydrogen-bond donors (Lipinski definition) is 1. The van der Waals surface area contributed by atoms with Gasteiger partial charge in [-0.05, 0) is 42.8 Å². The van der Waals surface area contributed by atoms with Crippen LogP contribution in [0.5, 0.6) is 5.75 Å². The molecule has 0 atom stereocenters. The van der Waals surface area contributed by atoms with Crippen LogP contribution in [0.15, 0.2) is 40.9 Å². The van der Waals surface area contributed by atoms with Gasteiger partial charge in [-0.1, -0.05) is 22.0 Å². The van der Waals surface area contributed by atoms with Gasteiger partial charge >= 0.3 is 6.61 Å². The lowest BCUT2D eigenvalue weighted by atomic mass is 10.1. The summed E-state index contributed by atoms with van der Waals surface area (Å²) >= 11 is 3.27. The van der Waals surface area contributed by atoms with E-state index in [1.807, 2.05) is 6.92 Å². The number of benzene rings is 2. The fourth-order valence-electron chi connectivity index (χ4n) is 1.86. The highest BCUT2D eigenvalue weighted by molar-refractivity contribution is 9.10. The van der Waals surface area contributed by atoms with Crippen molar-refractivity contribution in [3.8, 4) is 5.75 Å². The van der Waals surface area contributed by atoms with E-state index in [1.54, 1.807) is 24.3 Å². The van der Waals surface area contributed by atoms with Gasteiger partial charge in [0.25, 0.3) is 0 Å². The lowest BCUT2D eigenvalue weighted by Crippen LogP contribution is -2.08. The number of nitrogens with one attached hydrogen (secondary N) is 1. The monoisotopic (exact) mass is 359 g/mol. The van der Waals surface area contributed by atoms with Gasteiger partial charge in [-0.3, -0.25) is 0 Å². The lowest BCUT2D eigenvalue weighted by molar-refractivity contribution is -0.0504. The number of alkyl halides is 2. The van der Waals surface area contributed by atoms with Gasteiger partial charge in [0, 0.05) is 16.6 Å². The summed E-state index contributed by atoms with van der Waals surface area (Å²) in [4.78, 5) is 0. The molecule has 0 amide bonds. The molecule has 112 valence electrons. The maximum absolute atomic E-state index is 13.6. The van der Waals surface area contributed by atoms with Crippen LogP contribution in [-0.2, 0) is 6.54 Å². The number of rotatable bonds is 5. The molecule has 21 heavy (non-hydrogen) atoms. The van der Waals surface area contributed by atoms with E-state index < -0.39 is 12.4 Å². The Balaban J connectivity index is 2.18. The number of hydrogen-bond acceptors (Lipinski definition) is 2. The second-order valence-corrected chi connectivity index (χ2v) is 5.38. The molecule has 0 unspecified atom stereocenters. The van der Waals surface area contributed by atoms with Crippen molar-refractivity contribution in [1.82, 2.24) is 0 Å². The van der Waals surface area contributed by atoms with Crippen LogP contribution < -0.4 is 10.1 Å². The fourth-order valence-corrected chi connectivity index (χ4v) is 2.27. The lowest BCUT2D eigenvalue weighted by Gasteiger charge is -2.13. The molecule has 1 N–H and O–H groups in total. The molecule has 0 spiro atoms. The number of ether oxygens (including phenoxy) is 1. The van der Waals surface area contributed by atoms with Gasteiger partial charge in [0.15, 0.2) is 0 Å². The Labute approximate surface area is 129 Å². The zero-order valence-electron chi connectivity index (χ0n) is 11.2. The second-order valence-electron chi connectivity index (χ2n) is 4.47. The van der Waals surface area contributed by atoms with E-state index in [9.17, 15) is 13.2 Å². The maximum atomic E-state index is 13.6. The van der Waals surface area contributed by atoms with Crippen molar-refractivity contribution in [3.05, 3.63) is 57.8 Å². The van der Waals surface area contributed by atoms with Crippen molar-refractivity contribution in [2.45, 2.75) is 20.1 Å². The zero-order valence-corrected chi connectivity index (χ0v) is 12.8. The number of halogens is 4. The van der Waals surface area contributed by atoms with E-state index >= 15 is 0 Å². The van der Waals surface area contributed by atoms with Crippen molar-refractivity contribution in [3.63, 3.8) is 0 Å². The van der Waals surface area contributed by atoms with Crippen LogP contribution in [0, 0.1) is 12.7 Å². The molecule has 0 bridgehead atoms. The minimum atomic E-state index is -2.90. The largest absolute Gasteiger partial charge is 0.434 e. The quantitative estimate of drug-likeness (QED) is 0.800. The normalized spacial score (nSPS) is 10.8. The predicted molar refractivity (Wildman–Crippen MR) is 79.2 cm³/mol. The van der Waals surface area contributed by atoms with E-state index in [2.05, 4.69) is 26.0 Å². The molecule has 0 saturated carbocycles. The molecular formula is C15H13BrF3NO. The Hall–Kier alpha value is -1.69. The van der Waals surface area contributed by atoms with Crippen molar-refractivity contribution in [2.24, 2.45) is 0 Å². The van der Waals surface area contributed by atoms with E-state index in [0.717, 1.165) is 10.0 Å². The van der Waals surface area contributed by atoms with E-state index in [0.29, 0.717) is 11.3 Å². The summed E-state index contributed by atoms with van der Waals surface area (Å²) in [5, 5.41) is 2.89. The van der Waals surface area contributed by atoms with Crippen LogP contribution in [0.25, 0.3) is 0 Å². The summed E-state index contributed by atoms with van der Waals surface area (Å²) in [6.07, 6.45) is 0. The molecule has 0 aliphatic rings. The molecule has 2 rings (SSSR count). The molecule has 0 aliphatic heterocycles. The smallest absolute Gasteiger partial charge is 0.387 e. The van der Waals surface area contributed by atoms with Gasteiger partial charge in [0.2, 0.25) is 0 Å². The van der Waals surface area contributed by atoms with Crippen molar-refractivity contribution < 1.29 is 17.9 Å². The van der Waals surface area contributed by atoms with Crippen molar-refractivity contribution >= 4 is 21.6 Å². The molecule has 0 aliphatic carbocycles. The van der Waals surface area contributed by atoms with Gasteiger partial charge in [-0.15, -0.1) is 0 Å². The van der Waals surface area contributed by atoms with Gasteiger partial charge in [0.05, 0.1) is 5.69 Å². The summed E-state index contributed by atoms with van der Waals surface area (Å²) in [5.41, 5.74) is 1.72. The van der Waals surface area contributed by atoms with Crippen LogP contribution in [0.4, 0.5) is 18.9 Å². The van der Waals surface area contributed by atoms with Gasteiger partial charge in [-0.2, -0.15) is 8.78 Å². The van der Waals surface area contributed by atoms with Crippen molar-refractivity contribution in [2.75, 3.05) is 5.32 Å². The first-order chi connectivity index (χ1) is 9.95. The van der Waals surface area contributed by atoms with Gasteiger partial charge in [-0.25, -0.2) is 4.39 Å². The molecule has 2 aromatic rings. The predicted octanol–water partition coefficient (Wildman–Crippen LogP) is 5.11. The third kappa shape index (κ3) is 4.39. The Morgan fingerprint density at radius 2 is 1.95 bits per heavy atom. The minimum Gasteiger partial charge on any atom is -0.434 e. The Kier molecular flexibility index (Phi) is 5.12. The molecule has 0 heterocycles. The average Bonchev–Trinajstić information content (AvgIpc) is 2.42. The molecule has 0 fully saturated rings. The summed E-state index contributed by atoms with van der Waals surface area (Å²) < 4.78 is 43.6. The molecule has 0 saturated heterocycles. The Morgan fingerprint density at radius 1 is 1.19 bits per heavy atom. The first-order valence-corrected chi connectivity index (χ1v) is 6.98. The topological polar surface area (TPSA) is 21.3 Å². The molecular weight excluding hydrogens is 347 g/mol. The molecule has 2 nitrogen and oxygen atoms in total. The standard InChI is InChI=1S/C15H13BrF3NO/c1-9-2-4-12(17)13(6-9)20-8-10-7-11(16)3-5-14(10)21-15(18)19/h2-7,15,20H,8H2,1H3. The van der Waals surface area contributed by atoms with E-state index in [-0.39, 0.29) is 12.3 Å². The SMILES string of the molecule is Cc1ccc(F)c(NCc2cc(Br)ccc2OC(F)F)c1. The summed E-state index contributed by atoms with van der Waals surface area (Å²) in [7, 11) is 0. The molecule has 6 heteroatoms. The zero-order chi connectivity index (χ0) is 15.4. The molecule has 0 radical (unpaired) electrons. The van der Waals surface area contributed by atoms with E-state index in [1.165, 1.54) is 12.1 Å². The van der Waals surface area contributed by atoms with Gasteiger partial charge < -0.3 is 10.1 Å². The average molecular weight is 360 g/mol. The highest BCUT2D eigenvalue weighted by atomic mass is 79.9. The minimum absolute atomic E-state index is 0.0637. The summed E-state index contributed by atoms with van der Waals surface area (Å²) in [6, 6.07) is 9.37. The highest BCUT2D eigenvalue weighted by Crippen LogP contribution is 2.26. The van der Waals surface area contributed by atoms with Crippen LogP contribution in [0.3, 0.4) is 0 Å². The van der Waals surface area contributed by atoms with Crippen LogP contribution in [-0.4, -0.2) is 6.61 Å². The second kappa shape index (κ2) is 6.85. The Morgan fingerprint density at radius 3 is 2.67 bits per heavy atom. The maximum Gasteiger partial charge on any atom is 0.387 e. The first kappa shape index (κ1) is 15.7.